The van der Waals surface area contributed by atoms with Crippen molar-refractivity contribution in [2.45, 2.75) is 38.6 Å². The summed E-state index contributed by atoms with van der Waals surface area (Å²) in [5.41, 5.74) is -1.26. The average Bonchev–Trinajstić information content (AvgIpc) is 2.98. The van der Waals surface area contributed by atoms with Crippen LogP contribution in [0.15, 0.2) is 12.6 Å². The zero-order valence-corrected chi connectivity index (χ0v) is 14.6. The molecule has 24 heavy (non-hydrogen) atoms. The van der Waals surface area contributed by atoms with Crippen LogP contribution in [0.1, 0.15) is 38.3 Å². The van der Waals surface area contributed by atoms with Gasteiger partial charge in [-0.2, -0.15) is 0 Å². The highest BCUT2D eigenvalue weighted by Gasteiger charge is 2.41. The Morgan fingerprint density at radius 1 is 1.58 bits per heavy atom. The average molecular weight is 359 g/mol. The normalized spacial score (nSPS) is 18.9. The van der Waals surface area contributed by atoms with Gasteiger partial charge < -0.3 is 19.3 Å². The molecule has 1 aromatic carbocycles. The summed E-state index contributed by atoms with van der Waals surface area (Å²) in [6.45, 7) is 8.99. The molecule has 0 bridgehead atoms. The molecule has 0 radical (unpaired) electrons. The van der Waals surface area contributed by atoms with Crippen LogP contribution in [-0.2, 0) is 20.1 Å². The van der Waals surface area contributed by atoms with Gasteiger partial charge in [-0.25, -0.2) is 9.18 Å². The predicted molar refractivity (Wildman–Crippen MR) is 87.7 cm³/mol. The Hall–Kier alpha value is -1.63. The van der Waals surface area contributed by atoms with Crippen LogP contribution in [0.3, 0.4) is 0 Å². The summed E-state index contributed by atoms with van der Waals surface area (Å²) >= 11 is 5.97. The third-order valence-corrected chi connectivity index (χ3v) is 4.47. The van der Waals surface area contributed by atoms with Gasteiger partial charge in [0, 0.05) is 0 Å². The molecule has 1 aromatic rings. The fourth-order valence-corrected chi connectivity index (χ4v) is 2.63. The fraction of sp³-hybridized carbons (Fsp3) is 0.471. The molecule has 0 aliphatic carbocycles. The van der Waals surface area contributed by atoms with Gasteiger partial charge in [-0.05, 0) is 26.3 Å². The summed E-state index contributed by atoms with van der Waals surface area (Å²) in [7, 11) is 0. The Balaban J connectivity index is 2.69. The molecule has 0 saturated carbocycles. The first-order chi connectivity index (χ1) is 11.2. The number of hydrogen-bond donors (Lipinski definition) is 1. The number of carbonyl (C=O) groups is 1. The van der Waals surface area contributed by atoms with E-state index >= 15 is 0 Å². The van der Waals surface area contributed by atoms with E-state index in [4.69, 9.17) is 25.8 Å². The molecule has 1 aliphatic heterocycles. The van der Waals surface area contributed by atoms with E-state index in [1.165, 1.54) is 19.1 Å². The number of aliphatic carboxylic acids is 1. The van der Waals surface area contributed by atoms with Gasteiger partial charge >= 0.3 is 5.97 Å². The summed E-state index contributed by atoms with van der Waals surface area (Å²) < 4.78 is 31.4. The van der Waals surface area contributed by atoms with Crippen molar-refractivity contribution in [1.29, 1.82) is 0 Å². The maximum Gasteiger partial charge on any atom is 0.347 e. The van der Waals surface area contributed by atoms with Crippen molar-refractivity contribution in [3.05, 3.63) is 34.6 Å². The van der Waals surface area contributed by atoms with Crippen LogP contribution in [0.4, 0.5) is 4.39 Å². The van der Waals surface area contributed by atoms with E-state index in [0.717, 1.165) is 0 Å². The van der Waals surface area contributed by atoms with Gasteiger partial charge in [-0.15, -0.1) is 0 Å². The first kappa shape index (κ1) is 18.7. The molecule has 0 spiro atoms. The van der Waals surface area contributed by atoms with Crippen LogP contribution in [-0.4, -0.2) is 29.9 Å². The lowest BCUT2D eigenvalue weighted by Crippen LogP contribution is -2.41. The number of ether oxygens (including phenoxy) is 3. The molecule has 1 atom stereocenters. The monoisotopic (exact) mass is 358 g/mol. The molecule has 1 heterocycles. The zero-order chi connectivity index (χ0) is 18.1. The molecule has 1 saturated heterocycles. The first-order valence-corrected chi connectivity index (χ1v) is 7.91. The van der Waals surface area contributed by atoms with Crippen LogP contribution in [0.2, 0.25) is 5.02 Å². The van der Waals surface area contributed by atoms with E-state index < -0.39 is 23.2 Å². The van der Waals surface area contributed by atoms with Crippen molar-refractivity contribution >= 4 is 23.6 Å². The minimum absolute atomic E-state index is 0.00282. The minimum Gasteiger partial charge on any atom is -0.478 e. The highest BCUT2D eigenvalue weighted by molar-refractivity contribution is 6.31. The highest BCUT2D eigenvalue weighted by Crippen LogP contribution is 2.44. The molecular formula is C17H20ClFO5. The molecular weight excluding hydrogens is 339 g/mol. The lowest BCUT2D eigenvalue weighted by Gasteiger charge is -2.31. The third-order valence-electron chi connectivity index (χ3n) is 4.19. The third kappa shape index (κ3) is 3.14. The second-order valence-electron chi connectivity index (χ2n) is 5.80. The molecule has 0 amide bonds. The van der Waals surface area contributed by atoms with E-state index in [-0.39, 0.29) is 22.8 Å². The van der Waals surface area contributed by atoms with Crippen molar-refractivity contribution < 1.29 is 28.5 Å². The number of rotatable bonds is 6. The Morgan fingerprint density at radius 2 is 2.17 bits per heavy atom. The van der Waals surface area contributed by atoms with E-state index in [0.29, 0.717) is 18.8 Å². The van der Waals surface area contributed by atoms with E-state index in [2.05, 4.69) is 6.58 Å². The zero-order valence-electron chi connectivity index (χ0n) is 13.8. The molecule has 2 rings (SSSR count). The molecule has 1 aliphatic rings. The van der Waals surface area contributed by atoms with Crippen molar-refractivity contribution in [3.63, 3.8) is 0 Å². The second-order valence-corrected chi connectivity index (χ2v) is 6.21. The van der Waals surface area contributed by atoms with Gasteiger partial charge in [0.15, 0.2) is 11.6 Å². The number of carboxylic acids is 1. The van der Waals surface area contributed by atoms with Gasteiger partial charge in [0.1, 0.15) is 5.75 Å². The van der Waals surface area contributed by atoms with Crippen molar-refractivity contribution in [1.82, 2.24) is 0 Å². The Kier molecular flexibility index (Phi) is 5.22. The summed E-state index contributed by atoms with van der Waals surface area (Å²) in [5.74, 6) is -3.11. The molecule has 0 aromatic heterocycles. The van der Waals surface area contributed by atoms with Crippen LogP contribution in [0, 0.1) is 5.82 Å². The van der Waals surface area contributed by atoms with Crippen LogP contribution in [0.5, 0.6) is 5.75 Å². The summed E-state index contributed by atoms with van der Waals surface area (Å²) in [5, 5.41) is 9.32. The van der Waals surface area contributed by atoms with E-state index in [9.17, 15) is 14.3 Å². The van der Waals surface area contributed by atoms with Gasteiger partial charge in [0.2, 0.25) is 5.60 Å². The van der Waals surface area contributed by atoms with Gasteiger partial charge in [0.05, 0.1) is 29.4 Å². The largest absolute Gasteiger partial charge is 0.478 e. The van der Waals surface area contributed by atoms with Crippen LogP contribution in [0.25, 0.3) is 6.08 Å². The summed E-state index contributed by atoms with van der Waals surface area (Å²) in [6.07, 6.45) is 1.40. The number of carboxylic acid groups (broad SMARTS) is 1. The molecule has 7 heteroatoms. The highest BCUT2D eigenvalue weighted by atomic mass is 35.5. The van der Waals surface area contributed by atoms with Crippen LogP contribution < -0.4 is 4.74 Å². The topological polar surface area (TPSA) is 65.0 Å². The maximum absolute atomic E-state index is 14.4. The Bertz CT molecular complexity index is 669. The van der Waals surface area contributed by atoms with E-state index in [1.54, 1.807) is 13.8 Å². The Morgan fingerprint density at radius 3 is 2.62 bits per heavy atom. The van der Waals surface area contributed by atoms with Crippen molar-refractivity contribution in [3.8, 4) is 5.75 Å². The van der Waals surface area contributed by atoms with Crippen molar-refractivity contribution in [2.24, 2.45) is 0 Å². The summed E-state index contributed by atoms with van der Waals surface area (Å²) in [4.78, 5) is 11.6. The summed E-state index contributed by atoms with van der Waals surface area (Å²) in [6, 6.07) is 1.34. The smallest absolute Gasteiger partial charge is 0.347 e. The first-order valence-electron chi connectivity index (χ1n) is 7.53. The van der Waals surface area contributed by atoms with Crippen molar-refractivity contribution in [2.75, 3.05) is 13.2 Å². The SMILES string of the molecule is C=Cc1c(F)c(Cl)cc(C2(C)OCCO2)c1OC(C)(CC)C(=O)O. The molecule has 1 fully saturated rings. The standard InChI is InChI=1S/C17H20ClFO5/c1-5-10-13(19)12(18)9-11(17(4)22-7-8-23-17)14(10)24-16(3,6-2)15(20)21/h5,9H,1,6-8H2,2-4H3,(H,20,21). The maximum atomic E-state index is 14.4. The van der Waals surface area contributed by atoms with Gasteiger partial charge in [0.25, 0.3) is 0 Å². The molecule has 132 valence electrons. The lowest BCUT2D eigenvalue weighted by atomic mass is 9.99. The Labute approximate surface area is 145 Å². The quantitative estimate of drug-likeness (QED) is 0.833. The predicted octanol–water partition coefficient (Wildman–Crippen LogP) is 3.97. The lowest BCUT2D eigenvalue weighted by molar-refractivity contribution is -0.159. The second kappa shape index (κ2) is 6.70. The van der Waals surface area contributed by atoms with Crippen LogP contribution >= 0.6 is 11.6 Å². The number of benzene rings is 1. The van der Waals surface area contributed by atoms with Gasteiger partial charge in [-0.1, -0.05) is 31.2 Å². The molecule has 1 unspecified atom stereocenters. The van der Waals surface area contributed by atoms with E-state index in [1.807, 2.05) is 0 Å². The molecule has 1 N–H and O–H groups in total. The van der Waals surface area contributed by atoms with Gasteiger partial charge in [-0.3, -0.25) is 0 Å². The number of halogens is 2. The number of hydrogen-bond acceptors (Lipinski definition) is 4. The molecule has 5 nitrogen and oxygen atoms in total. The fourth-order valence-electron chi connectivity index (χ4n) is 2.42. The minimum atomic E-state index is -1.55.